The minimum atomic E-state index is 0.804. The summed E-state index contributed by atoms with van der Waals surface area (Å²) >= 11 is 0. The van der Waals surface area contributed by atoms with Gasteiger partial charge in [-0.1, -0.05) is 5.16 Å². The van der Waals surface area contributed by atoms with Crippen LogP contribution in [0.15, 0.2) is 23.0 Å². The number of nitrogens with one attached hydrogen (secondary N) is 1. The SMILES string of the molecule is c1cc2oncc2c(N2CCNCC2)n1. The summed E-state index contributed by atoms with van der Waals surface area (Å²) in [6.45, 7) is 3.97. The molecule has 1 aliphatic rings. The number of aromatic nitrogens is 2. The van der Waals surface area contributed by atoms with E-state index in [-0.39, 0.29) is 0 Å². The first-order valence-electron chi connectivity index (χ1n) is 5.10. The van der Waals surface area contributed by atoms with Crippen molar-refractivity contribution in [3.63, 3.8) is 0 Å². The topological polar surface area (TPSA) is 54.2 Å². The largest absolute Gasteiger partial charge is 0.356 e. The Kier molecular flexibility index (Phi) is 2.03. The minimum absolute atomic E-state index is 0.804. The molecule has 1 fully saturated rings. The van der Waals surface area contributed by atoms with Crippen molar-refractivity contribution in [1.82, 2.24) is 15.5 Å². The molecule has 3 rings (SSSR count). The third kappa shape index (κ3) is 1.45. The number of rotatable bonds is 1. The molecule has 0 aliphatic carbocycles. The number of hydrogen-bond donors (Lipinski definition) is 1. The van der Waals surface area contributed by atoms with Gasteiger partial charge in [0.2, 0.25) is 0 Å². The van der Waals surface area contributed by atoms with Crippen molar-refractivity contribution in [3.05, 3.63) is 18.5 Å². The lowest BCUT2D eigenvalue weighted by atomic mass is 10.3. The first-order valence-corrected chi connectivity index (χ1v) is 5.10. The molecular formula is C10H12N4O. The second kappa shape index (κ2) is 3.51. The van der Waals surface area contributed by atoms with Crippen LogP contribution >= 0.6 is 0 Å². The fourth-order valence-corrected chi connectivity index (χ4v) is 1.91. The molecule has 3 heterocycles. The third-order valence-corrected chi connectivity index (χ3v) is 2.68. The summed E-state index contributed by atoms with van der Waals surface area (Å²) in [7, 11) is 0. The van der Waals surface area contributed by atoms with Crippen LogP contribution in [0.3, 0.4) is 0 Å². The Morgan fingerprint density at radius 3 is 3.07 bits per heavy atom. The van der Waals surface area contributed by atoms with Crippen LogP contribution in [0.2, 0.25) is 0 Å². The molecule has 1 aliphatic heterocycles. The van der Waals surface area contributed by atoms with E-state index in [1.165, 1.54) is 0 Å². The van der Waals surface area contributed by atoms with Crippen LogP contribution in [0.1, 0.15) is 0 Å². The van der Waals surface area contributed by atoms with Crippen LogP contribution in [0, 0.1) is 0 Å². The van der Waals surface area contributed by atoms with Crippen molar-refractivity contribution in [2.45, 2.75) is 0 Å². The lowest BCUT2D eigenvalue weighted by molar-refractivity contribution is 0.456. The summed E-state index contributed by atoms with van der Waals surface area (Å²) in [5, 5.41) is 8.12. The maximum Gasteiger partial charge on any atom is 0.172 e. The van der Waals surface area contributed by atoms with E-state index >= 15 is 0 Å². The summed E-state index contributed by atoms with van der Waals surface area (Å²) in [6, 6.07) is 1.84. The highest BCUT2D eigenvalue weighted by atomic mass is 16.5. The van der Waals surface area contributed by atoms with E-state index in [2.05, 4.69) is 20.4 Å². The minimum Gasteiger partial charge on any atom is -0.356 e. The van der Waals surface area contributed by atoms with Crippen molar-refractivity contribution in [3.8, 4) is 0 Å². The van der Waals surface area contributed by atoms with Gasteiger partial charge in [0.1, 0.15) is 5.82 Å². The van der Waals surface area contributed by atoms with Crippen LogP contribution in [0.5, 0.6) is 0 Å². The van der Waals surface area contributed by atoms with E-state index in [0.29, 0.717) is 0 Å². The molecule has 0 bridgehead atoms. The quantitative estimate of drug-likeness (QED) is 0.738. The molecule has 2 aromatic rings. The van der Waals surface area contributed by atoms with E-state index in [0.717, 1.165) is 43.0 Å². The molecule has 0 unspecified atom stereocenters. The molecule has 1 saturated heterocycles. The number of piperazine rings is 1. The molecule has 78 valence electrons. The maximum atomic E-state index is 5.12. The number of nitrogens with zero attached hydrogens (tertiary/aromatic N) is 3. The first-order chi connectivity index (χ1) is 7.45. The van der Waals surface area contributed by atoms with Crippen molar-refractivity contribution < 1.29 is 4.52 Å². The number of anilines is 1. The Balaban J connectivity index is 2.05. The molecule has 0 amide bonds. The fraction of sp³-hybridized carbons (Fsp3) is 0.400. The fourth-order valence-electron chi connectivity index (χ4n) is 1.91. The van der Waals surface area contributed by atoms with E-state index < -0.39 is 0 Å². The lowest BCUT2D eigenvalue weighted by Gasteiger charge is -2.28. The third-order valence-electron chi connectivity index (χ3n) is 2.68. The van der Waals surface area contributed by atoms with Crippen LogP contribution < -0.4 is 10.2 Å². The van der Waals surface area contributed by atoms with Crippen molar-refractivity contribution in [2.24, 2.45) is 0 Å². The van der Waals surface area contributed by atoms with Gasteiger partial charge in [-0.05, 0) is 0 Å². The summed E-state index contributed by atoms with van der Waals surface area (Å²) in [5.41, 5.74) is 0.804. The number of pyridine rings is 1. The predicted octanol–water partition coefficient (Wildman–Crippen LogP) is 0.632. The highest BCUT2D eigenvalue weighted by molar-refractivity contribution is 5.87. The van der Waals surface area contributed by atoms with E-state index in [1.54, 1.807) is 12.4 Å². The van der Waals surface area contributed by atoms with Crippen molar-refractivity contribution >= 4 is 16.8 Å². The molecule has 1 N–H and O–H groups in total. The van der Waals surface area contributed by atoms with Gasteiger partial charge in [0.05, 0.1) is 11.6 Å². The number of fused-ring (bicyclic) bond motifs is 1. The molecule has 0 saturated carbocycles. The lowest BCUT2D eigenvalue weighted by Crippen LogP contribution is -2.43. The first kappa shape index (κ1) is 8.67. The Hall–Kier alpha value is -1.62. The van der Waals surface area contributed by atoms with Crippen molar-refractivity contribution in [2.75, 3.05) is 31.1 Å². The van der Waals surface area contributed by atoms with Crippen LogP contribution in [-0.4, -0.2) is 36.3 Å². The molecule has 0 radical (unpaired) electrons. The second-order valence-corrected chi connectivity index (χ2v) is 3.61. The van der Waals surface area contributed by atoms with Gasteiger partial charge in [-0.25, -0.2) is 4.98 Å². The summed E-state index contributed by atoms with van der Waals surface area (Å²) < 4.78 is 5.12. The average Bonchev–Trinajstić information content (AvgIpc) is 2.78. The summed E-state index contributed by atoms with van der Waals surface area (Å²) in [5.74, 6) is 0.982. The van der Waals surface area contributed by atoms with Crippen LogP contribution in [-0.2, 0) is 0 Å². The van der Waals surface area contributed by atoms with Gasteiger partial charge in [-0.2, -0.15) is 0 Å². The smallest absolute Gasteiger partial charge is 0.172 e. The molecule has 5 heteroatoms. The zero-order valence-electron chi connectivity index (χ0n) is 8.31. The van der Waals surface area contributed by atoms with Crippen LogP contribution in [0.25, 0.3) is 11.0 Å². The molecular weight excluding hydrogens is 192 g/mol. The average molecular weight is 204 g/mol. The Morgan fingerprint density at radius 1 is 1.33 bits per heavy atom. The Bertz CT molecular complexity index is 461. The standard InChI is InChI=1S/C10H12N4O/c1-2-12-10(8-7-13-15-9(1)8)14-5-3-11-4-6-14/h1-2,7,11H,3-6H2. The normalized spacial score (nSPS) is 17.2. The highest BCUT2D eigenvalue weighted by Crippen LogP contribution is 2.23. The molecule has 0 aromatic carbocycles. The van der Waals surface area contributed by atoms with Gasteiger partial charge in [0, 0.05) is 38.4 Å². The van der Waals surface area contributed by atoms with E-state index in [1.807, 2.05) is 6.07 Å². The molecule has 0 atom stereocenters. The van der Waals surface area contributed by atoms with Crippen LogP contribution in [0.4, 0.5) is 5.82 Å². The van der Waals surface area contributed by atoms with Crippen molar-refractivity contribution in [1.29, 1.82) is 0 Å². The second-order valence-electron chi connectivity index (χ2n) is 3.61. The molecule has 2 aromatic heterocycles. The zero-order chi connectivity index (χ0) is 10.1. The molecule has 0 spiro atoms. The predicted molar refractivity (Wildman–Crippen MR) is 56.9 cm³/mol. The number of hydrogen-bond acceptors (Lipinski definition) is 5. The maximum absolute atomic E-state index is 5.12. The van der Waals surface area contributed by atoms with E-state index in [9.17, 15) is 0 Å². The van der Waals surface area contributed by atoms with Gasteiger partial charge < -0.3 is 14.7 Å². The summed E-state index contributed by atoms with van der Waals surface area (Å²) in [6.07, 6.45) is 3.50. The Morgan fingerprint density at radius 2 is 2.20 bits per heavy atom. The summed E-state index contributed by atoms with van der Waals surface area (Å²) in [4.78, 5) is 6.66. The van der Waals surface area contributed by atoms with E-state index in [4.69, 9.17) is 4.52 Å². The molecule has 15 heavy (non-hydrogen) atoms. The highest BCUT2D eigenvalue weighted by Gasteiger charge is 2.15. The van der Waals surface area contributed by atoms with Gasteiger partial charge in [-0.3, -0.25) is 0 Å². The zero-order valence-corrected chi connectivity index (χ0v) is 8.31. The Labute approximate surface area is 87.1 Å². The van der Waals surface area contributed by atoms with Gasteiger partial charge in [-0.15, -0.1) is 0 Å². The van der Waals surface area contributed by atoms with Gasteiger partial charge in [0.25, 0.3) is 0 Å². The monoisotopic (exact) mass is 204 g/mol. The molecule has 5 nitrogen and oxygen atoms in total. The van der Waals surface area contributed by atoms with Gasteiger partial charge in [0.15, 0.2) is 5.58 Å². The van der Waals surface area contributed by atoms with Gasteiger partial charge >= 0.3 is 0 Å².